The molecule has 0 aliphatic rings. The van der Waals surface area contributed by atoms with Crippen LogP contribution >= 0.6 is 0 Å². The summed E-state index contributed by atoms with van der Waals surface area (Å²) in [5.41, 5.74) is 0.732. The van der Waals surface area contributed by atoms with Gasteiger partial charge in [0.1, 0.15) is 0 Å². The Morgan fingerprint density at radius 1 is 1.00 bits per heavy atom. The Morgan fingerprint density at radius 2 is 1.64 bits per heavy atom. The summed E-state index contributed by atoms with van der Waals surface area (Å²) in [6.07, 6.45) is 1.90. The summed E-state index contributed by atoms with van der Waals surface area (Å²) in [7, 11) is -3.76. The van der Waals surface area contributed by atoms with Crippen molar-refractivity contribution in [1.29, 1.82) is 0 Å². The molecular formula is C19H20N2O3S. The number of hydrogen-bond acceptors (Lipinski definition) is 5. The number of hydrogen-bond donors (Lipinski definition) is 1. The van der Waals surface area contributed by atoms with E-state index in [1.807, 2.05) is 30.3 Å². The first-order valence-corrected chi connectivity index (χ1v) is 9.71. The predicted octanol–water partition coefficient (Wildman–Crippen LogP) is 4.39. The van der Waals surface area contributed by atoms with Gasteiger partial charge in [-0.2, -0.15) is 4.98 Å². The normalized spacial score (nSPS) is 11.4. The second-order valence-electron chi connectivity index (χ2n) is 5.62. The third-order valence-corrected chi connectivity index (χ3v) is 5.42. The first-order valence-electron chi connectivity index (χ1n) is 8.23. The topological polar surface area (TPSA) is 72.2 Å². The first-order chi connectivity index (χ1) is 12.1. The highest BCUT2D eigenvalue weighted by Gasteiger charge is 2.28. The van der Waals surface area contributed by atoms with Crippen molar-refractivity contribution >= 4 is 15.7 Å². The molecule has 25 heavy (non-hydrogen) atoms. The van der Waals surface area contributed by atoms with Gasteiger partial charge in [-0.25, -0.2) is 8.42 Å². The van der Waals surface area contributed by atoms with Gasteiger partial charge in [0.2, 0.25) is 26.6 Å². The Balaban J connectivity index is 2.06. The molecule has 0 radical (unpaired) electrons. The molecule has 3 rings (SSSR count). The molecule has 0 bridgehead atoms. The molecule has 5 nitrogen and oxygen atoms in total. The zero-order valence-electron chi connectivity index (χ0n) is 14.0. The van der Waals surface area contributed by atoms with Gasteiger partial charge in [-0.05, 0) is 30.7 Å². The van der Waals surface area contributed by atoms with E-state index in [9.17, 15) is 8.42 Å². The van der Waals surface area contributed by atoms with E-state index >= 15 is 0 Å². The fourth-order valence-electron chi connectivity index (χ4n) is 2.39. The number of nitrogens with one attached hydrogen (secondary N) is 1. The van der Waals surface area contributed by atoms with Gasteiger partial charge in [0, 0.05) is 12.1 Å². The summed E-state index contributed by atoms with van der Waals surface area (Å²) in [4.78, 5) is 4.49. The van der Waals surface area contributed by atoms with E-state index in [2.05, 4.69) is 17.2 Å². The lowest BCUT2D eigenvalue weighted by Gasteiger charge is -2.05. The minimum Gasteiger partial charge on any atom is -0.419 e. The lowest BCUT2D eigenvalue weighted by Crippen LogP contribution is -2.08. The van der Waals surface area contributed by atoms with Gasteiger partial charge >= 0.3 is 0 Å². The molecule has 0 unspecified atom stereocenters. The Morgan fingerprint density at radius 3 is 2.28 bits per heavy atom. The maximum absolute atomic E-state index is 13.0. The molecule has 0 fully saturated rings. The number of sulfone groups is 1. The second-order valence-corrected chi connectivity index (χ2v) is 7.48. The van der Waals surface area contributed by atoms with Crippen LogP contribution in [0.1, 0.15) is 19.8 Å². The largest absolute Gasteiger partial charge is 0.419 e. The number of nitrogens with zero attached hydrogens (tertiary/aromatic N) is 1. The summed E-state index contributed by atoms with van der Waals surface area (Å²) < 4.78 is 31.7. The van der Waals surface area contributed by atoms with Crippen molar-refractivity contribution in [3.63, 3.8) is 0 Å². The molecule has 3 aromatic rings. The zero-order chi connectivity index (χ0) is 17.7. The molecule has 6 heteroatoms. The molecule has 0 atom stereocenters. The maximum atomic E-state index is 13.0. The van der Waals surface area contributed by atoms with Crippen LogP contribution in [0.5, 0.6) is 0 Å². The van der Waals surface area contributed by atoms with Gasteiger partial charge in [-0.3, -0.25) is 0 Å². The minimum absolute atomic E-state index is 0.0753. The third-order valence-electron chi connectivity index (χ3n) is 3.74. The van der Waals surface area contributed by atoms with Crippen LogP contribution in [0.25, 0.3) is 11.5 Å². The van der Waals surface area contributed by atoms with Gasteiger partial charge in [0.25, 0.3) is 0 Å². The van der Waals surface area contributed by atoms with Crippen molar-refractivity contribution < 1.29 is 12.8 Å². The molecule has 130 valence electrons. The highest BCUT2D eigenvalue weighted by Crippen LogP contribution is 2.32. The maximum Gasteiger partial charge on any atom is 0.233 e. The average Bonchev–Trinajstić information content (AvgIpc) is 3.08. The smallest absolute Gasteiger partial charge is 0.233 e. The van der Waals surface area contributed by atoms with E-state index in [1.54, 1.807) is 30.3 Å². The van der Waals surface area contributed by atoms with E-state index < -0.39 is 9.84 Å². The van der Waals surface area contributed by atoms with Crippen LogP contribution in [0.3, 0.4) is 0 Å². The molecule has 0 aliphatic carbocycles. The Bertz CT molecular complexity index is 920. The number of unbranched alkanes of at least 4 members (excludes halogenated alkanes) is 1. The summed E-state index contributed by atoms with van der Waals surface area (Å²) in [6.45, 7) is 2.69. The number of anilines is 1. The fourth-order valence-corrected chi connectivity index (χ4v) is 3.69. The van der Waals surface area contributed by atoms with Crippen LogP contribution < -0.4 is 5.32 Å². The summed E-state index contributed by atoms with van der Waals surface area (Å²) in [5, 5.41) is 3.00. The summed E-state index contributed by atoms with van der Waals surface area (Å²) in [5.74, 6) is 0.477. The van der Waals surface area contributed by atoms with Gasteiger partial charge in [-0.1, -0.05) is 49.7 Å². The van der Waals surface area contributed by atoms with Crippen LogP contribution in [-0.2, 0) is 9.84 Å². The molecule has 1 aromatic heterocycles. The lowest BCUT2D eigenvalue weighted by molar-refractivity contribution is 0.575. The standard InChI is InChI=1S/C19H20N2O3S/c1-2-3-14-20-18-19(25(22,23)16-12-8-5-9-13-16)21-17(24-18)15-10-6-4-7-11-15/h4-13,20H,2-3,14H2,1H3. The van der Waals surface area contributed by atoms with Crippen molar-refractivity contribution in [2.45, 2.75) is 29.7 Å². The van der Waals surface area contributed by atoms with Crippen LogP contribution in [0, 0.1) is 0 Å². The third kappa shape index (κ3) is 3.74. The summed E-state index contributed by atoms with van der Waals surface area (Å²) >= 11 is 0. The highest BCUT2D eigenvalue weighted by atomic mass is 32.2. The van der Waals surface area contributed by atoms with E-state index in [0.717, 1.165) is 18.4 Å². The van der Waals surface area contributed by atoms with E-state index in [1.165, 1.54) is 0 Å². The van der Waals surface area contributed by atoms with Crippen LogP contribution in [0.4, 0.5) is 5.88 Å². The molecular weight excluding hydrogens is 336 g/mol. The van der Waals surface area contributed by atoms with Gasteiger partial charge < -0.3 is 9.73 Å². The van der Waals surface area contributed by atoms with E-state index in [0.29, 0.717) is 6.54 Å². The molecule has 1 N–H and O–H groups in total. The van der Waals surface area contributed by atoms with Crippen molar-refractivity contribution in [3.8, 4) is 11.5 Å². The number of rotatable bonds is 7. The van der Waals surface area contributed by atoms with Gasteiger partial charge in [0.15, 0.2) is 0 Å². The van der Waals surface area contributed by atoms with Gasteiger partial charge in [0.05, 0.1) is 4.90 Å². The number of oxazole rings is 1. The minimum atomic E-state index is -3.76. The van der Waals surface area contributed by atoms with Crippen molar-refractivity contribution in [2.24, 2.45) is 0 Å². The van der Waals surface area contributed by atoms with Crippen molar-refractivity contribution in [2.75, 3.05) is 11.9 Å². The van der Waals surface area contributed by atoms with Gasteiger partial charge in [-0.15, -0.1) is 0 Å². The molecule has 0 saturated carbocycles. The average molecular weight is 356 g/mol. The van der Waals surface area contributed by atoms with Crippen molar-refractivity contribution in [1.82, 2.24) is 4.98 Å². The van der Waals surface area contributed by atoms with Crippen LogP contribution in [0.15, 0.2) is 75.0 Å². The van der Waals surface area contributed by atoms with Crippen molar-refractivity contribution in [3.05, 3.63) is 60.7 Å². The Labute approximate surface area is 147 Å². The lowest BCUT2D eigenvalue weighted by atomic mass is 10.2. The highest BCUT2D eigenvalue weighted by molar-refractivity contribution is 7.91. The van der Waals surface area contributed by atoms with Crippen LogP contribution in [0.2, 0.25) is 0 Å². The molecule has 0 aliphatic heterocycles. The Kier molecular flexibility index (Phi) is 5.19. The monoisotopic (exact) mass is 356 g/mol. The zero-order valence-corrected chi connectivity index (χ0v) is 14.8. The number of benzene rings is 2. The quantitative estimate of drug-likeness (QED) is 0.636. The molecule has 1 heterocycles. The SMILES string of the molecule is CCCCNc1oc(-c2ccccc2)nc1S(=O)(=O)c1ccccc1. The second kappa shape index (κ2) is 7.53. The predicted molar refractivity (Wildman–Crippen MR) is 97.2 cm³/mol. The van der Waals surface area contributed by atoms with E-state index in [-0.39, 0.29) is 21.7 Å². The van der Waals surface area contributed by atoms with E-state index in [4.69, 9.17) is 4.42 Å². The molecule has 0 spiro atoms. The van der Waals surface area contributed by atoms with Crippen LogP contribution in [-0.4, -0.2) is 19.9 Å². The molecule has 0 saturated heterocycles. The molecule has 2 aromatic carbocycles. The Hall–Kier alpha value is -2.60. The fraction of sp³-hybridized carbons (Fsp3) is 0.211. The molecule has 0 amide bonds. The number of aromatic nitrogens is 1. The summed E-state index contributed by atoms with van der Waals surface area (Å²) in [6, 6.07) is 17.5. The first kappa shape index (κ1) is 17.2.